The van der Waals surface area contributed by atoms with Gasteiger partial charge in [0.2, 0.25) is 5.91 Å². The van der Waals surface area contributed by atoms with Crippen LogP contribution in [0.15, 0.2) is 30.5 Å². The van der Waals surface area contributed by atoms with Crippen LogP contribution in [-0.2, 0) is 25.5 Å². The maximum absolute atomic E-state index is 14.3. The molecule has 5 aliphatic carbocycles. The summed E-state index contributed by atoms with van der Waals surface area (Å²) >= 11 is 0. The van der Waals surface area contributed by atoms with Crippen LogP contribution in [0.25, 0.3) is 0 Å². The quantitative estimate of drug-likeness (QED) is 0.0730. The normalized spacial score (nSPS) is 47.9. The zero-order chi connectivity index (χ0) is 53.2. The van der Waals surface area contributed by atoms with Crippen LogP contribution < -0.4 is 16.4 Å². The molecule has 2 aromatic rings. The summed E-state index contributed by atoms with van der Waals surface area (Å²) in [5, 5.41) is 121. The first-order valence-electron chi connectivity index (χ1n) is 26.9. The van der Waals surface area contributed by atoms with Crippen LogP contribution in [0.1, 0.15) is 103 Å². The van der Waals surface area contributed by atoms with Gasteiger partial charge in [0.05, 0.1) is 67.8 Å². The lowest BCUT2D eigenvalue weighted by atomic mass is 9.29. The largest absolute Gasteiger partial charge is 0.481 e. The van der Waals surface area contributed by atoms with Gasteiger partial charge in [-0.3, -0.25) is 9.59 Å². The SMILES string of the molecule is CC1(CO)CCC2(C(=O)O)C(C1)C1=CCC3C4(C)C(CC5C(CO)C(=O)NC5C(c5cnc[nH]5)C(O)CC(N)O)C(O)C(OC5OCC(O)C(O)C5O)C(C)(CO)C4CCC3(C)C1(C)C1Cc3[nH]cnc3NCC12. The predicted octanol–water partition coefficient (Wildman–Crippen LogP) is 0.330. The first-order valence-corrected chi connectivity index (χ1v) is 26.9. The van der Waals surface area contributed by atoms with Crippen LogP contribution in [0.4, 0.5) is 5.82 Å². The van der Waals surface area contributed by atoms with Crippen molar-refractivity contribution in [2.24, 2.45) is 85.6 Å². The summed E-state index contributed by atoms with van der Waals surface area (Å²) in [4.78, 5) is 43.9. The summed E-state index contributed by atoms with van der Waals surface area (Å²) < 4.78 is 12.5. The smallest absolute Gasteiger partial charge is 0.310 e. The number of anilines is 1. The number of aliphatic carboxylic acids is 1. The number of ether oxygens (including phenoxy) is 2. The fourth-order valence-electron chi connectivity index (χ4n) is 18.3. The number of H-pyrrole nitrogens is 2. The number of nitrogens with two attached hydrogens (primary N) is 1. The number of amides is 1. The van der Waals surface area contributed by atoms with E-state index >= 15 is 0 Å². The van der Waals surface area contributed by atoms with Crippen molar-refractivity contribution < 1.29 is 70.1 Å². The van der Waals surface area contributed by atoms with Gasteiger partial charge in [0.25, 0.3) is 0 Å². The van der Waals surface area contributed by atoms with E-state index in [0.717, 1.165) is 11.3 Å². The van der Waals surface area contributed by atoms with E-state index in [1.807, 2.05) is 6.92 Å². The lowest BCUT2D eigenvalue weighted by molar-refractivity contribution is -0.341. The second-order valence-corrected chi connectivity index (χ2v) is 25.3. The molecule has 16 N–H and O–H groups in total. The number of allylic oxidation sites excluding steroid dienone is 2. The van der Waals surface area contributed by atoms with Crippen LogP contribution in [0, 0.1) is 79.8 Å². The molecule has 0 bridgehead atoms. The number of fused-ring (bicyclic) bond motifs is 11. The molecule has 4 saturated carbocycles. The Balaban J connectivity index is 1.15. The summed E-state index contributed by atoms with van der Waals surface area (Å²) in [5.41, 5.74) is 3.06. The number of carboxylic acids is 1. The number of aromatic amines is 2. The minimum atomic E-state index is -1.72. The molecule has 21 nitrogen and oxygen atoms in total. The monoisotopic (exact) mass is 1040 g/mol. The third-order valence-corrected chi connectivity index (χ3v) is 22.3. The highest BCUT2D eigenvalue weighted by Gasteiger charge is 2.77. The molecule has 412 valence electrons. The standard InChI is InChI=1S/C53H81N7O14/c1-48(20-62)10-11-53(47(71)72)29(15-48)26-6-7-36-50(3,52(26,5)27-13-31-44(59-23-58-31)56-16-30(27)53)9-8-35-49(2,21-63)43(74-46-42(69)41(68)34(65)19-73-46)40(67)28(51(35,36)4)12-24-25(18-61)45(70)60-39(24)38(32-17-55-22-57-32)33(64)14-37(54)66/h6,17,22-25,27-30,33-43,46,56,61-69H,7-16,18-21,54H2,1-5H3,(H,55,57)(H,58,59)(H,60,70)(H,71,72). The molecule has 24 atom stereocenters. The number of nitrogens with one attached hydrogen (secondary N) is 4. The van der Waals surface area contributed by atoms with Crippen molar-refractivity contribution in [2.75, 3.05) is 38.3 Å². The third-order valence-electron chi connectivity index (χ3n) is 22.3. The highest BCUT2D eigenvalue weighted by atomic mass is 16.7. The number of aliphatic hydroxyl groups excluding tert-OH is 9. The Hall–Kier alpha value is -3.58. The van der Waals surface area contributed by atoms with Gasteiger partial charge in [0, 0.05) is 48.8 Å². The maximum Gasteiger partial charge on any atom is 0.310 e. The van der Waals surface area contributed by atoms with Crippen molar-refractivity contribution in [1.82, 2.24) is 25.3 Å². The van der Waals surface area contributed by atoms with Crippen LogP contribution in [-0.4, -0.2) is 171 Å². The van der Waals surface area contributed by atoms with E-state index in [1.54, 1.807) is 6.33 Å². The number of hydrogen-bond acceptors (Lipinski definition) is 17. The Labute approximate surface area is 431 Å². The van der Waals surface area contributed by atoms with Crippen molar-refractivity contribution in [3.63, 3.8) is 0 Å². The highest BCUT2D eigenvalue weighted by Crippen LogP contribution is 2.79. The molecule has 5 heterocycles. The number of carbonyl (C=O) groups is 2. The molecule has 3 aliphatic heterocycles. The van der Waals surface area contributed by atoms with Gasteiger partial charge in [-0.25, -0.2) is 9.97 Å². The Bertz CT molecular complexity index is 2430. The van der Waals surface area contributed by atoms with Gasteiger partial charge in [0.15, 0.2) is 6.29 Å². The average molecular weight is 1040 g/mol. The topological polar surface area (TPSA) is 362 Å². The molecule has 6 fully saturated rings. The van der Waals surface area contributed by atoms with Crippen LogP contribution >= 0.6 is 0 Å². The predicted molar refractivity (Wildman–Crippen MR) is 264 cm³/mol. The Morgan fingerprint density at radius 2 is 1.72 bits per heavy atom. The van der Waals surface area contributed by atoms with E-state index in [-0.39, 0.29) is 43.8 Å². The van der Waals surface area contributed by atoms with Crippen molar-refractivity contribution >= 4 is 17.7 Å². The molecule has 0 radical (unpaired) electrons. The number of rotatable bonds is 13. The first kappa shape index (κ1) is 53.8. The van der Waals surface area contributed by atoms with E-state index in [2.05, 4.69) is 64.3 Å². The molecule has 2 saturated heterocycles. The molecule has 0 spiro atoms. The molecular formula is C53H81N7O14. The molecule has 74 heavy (non-hydrogen) atoms. The number of hydrogen-bond donors (Lipinski definition) is 15. The Morgan fingerprint density at radius 3 is 2.38 bits per heavy atom. The van der Waals surface area contributed by atoms with Crippen LogP contribution in [0.3, 0.4) is 0 Å². The molecule has 1 amide bonds. The van der Waals surface area contributed by atoms with Gasteiger partial charge in [-0.1, -0.05) is 46.3 Å². The fourth-order valence-corrected chi connectivity index (χ4v) is 18.3. The summed E-state index contributed by atoms with van der Waals surface area (Å²) in [6.07, 6.45) is -1.53. The third kappa shape index (κ3) is 7.67. The van der Waals surface area contributed by atoms with Gasteiger partial charge >= 0.3 is 5.97 Å². The number of imidazole rings is 2. The van der Waals surface area contributed by atoms with Crippen LogP contribution in [0.2, 0.25) is 0 Å². The average Bonchev–Trinajstić information content (AvgIpc) is 4.10. The number of carbonyl (C=O) groups excluding carboxylic acids is 1. The molecule has 10 rings (SSSR count). The number of aromatic nitrogens is 4. The number of nitrogens with zero attached hydrogens (tertiary/aromatic N) is 2. The van der Waals surface area contributed by atoms with Gasteiger partial charge in [-0.15, -0.1) is 0 Å². The molecule has 2 aromatic heterocycles. The van der Waals surface area contributed by atoms with Crippen molar-refractivity contribution in [3.8, 4) is 0 Å². The summed E-state index contributed by atoms with van der Waals surface area (Å²) in [5.74, 6) is -5.92. The molecule has 24 unspecified atom stereocenters. The van der Waals surface area contributed by atoms with Gasteiger partial charge in [-0.2, -0.15) is 0 Å². The molecule has 0 aromatic carbocycles. The highest BCUT2D eigenvalue weighted by molar-refractivity contribution is 5.82. The fraction of sp³-hybridized carbons (Fsp3) is 0.811. The van der Waals surface area contributed by atoms with E-state index in [4.69, 9.17) is 15.2 Å². The zero-order valence-electron chi connectivity index (χ0n) is 43.2. The lowest BCUT2D eigenvalue weighted by Crippen LogP contribution is -2.74. The van der Waals surface area contributed by atoms with Crippen LogP contribution in [0.5, 0.6) is 0 Å². The van der Waals surface area contributed by atoms with Gasteiger partial charge in [-0.05, 0) is 114 Å². The van der Waals surface area contributed by atoms with E-state index in [0.29, 0.717) is 63.0 Å². The molecular weight excluding hydrogens is 959 g/mol. The maximum atomic E-state index is 14.3. The second-order valence-electron chi connectivity index (χ2n) is 25.3. The summed E-state index contributed by atoms with van der Waals surface area (Å²) in [6, 6.07) is -0.892. The second kappa shape index (κ2) is 19.1. The Kier molecular flexibility index (Phi) is 13.9. The van der Waals surface area contributed by atoms with Gasteiger partial charge in [0.1, 0.15) is 30.4 Å². The van der Waals surface area contributed by atoms with E-state index in [9.17, 15) is 60.7 Å². The summed E-state index contributed by atoms with van der Waals surface area (Å²) in [7, 11) is 0. The van der Waals surface area contributed by atoms with Crippen molar-refractivity contribution in [3.05, 3.63) is 41.9 Å². The number of aliphatic hydroxyl groups is 9. The van der Waals surface area contributed by atoms with Crippen molar-refractivity contribution in [1.29, 1.82) is 0 Å². The number of carboxylic acid groups (broad SMARTS) is 1. The Morgan fingerprint density at radius 1 is 0.959 bits per heavy atom. The first-order chi connectivity index (χ1) is 35.0. The molecule has 21 heteroatoms. The summed E-state index contributed by atoms with van der Waals surface area (Å²) in [6.45, 7) is 9.58. The van der Waals surface area contributed by atoms with E-state index in [1.165, 1.54) is 12.5 Å². The van der Waals surface area contributed by atoms with E-state index < -0.39 is 148 Å². The zero-order valence-corrected chi connectivity index (χ0v) is 43.2. The van der Waals surface area contributed by atoms with Gasteiger partial charge < -0.3 is 86.9 Å². The lowest BCUT2D eigenvalue weighted by Gasteiger charge is -2.75. The van der Waals surface area contributed by atoms with Crippen molar-refractivity contribution in [2.45, 2.75) is 154 Å². The minimum absolute atomic E-state index is 0.0646. The minimum Gasteiger partial charge on any atom is -0.481 e. The molecule has 8 aliphatic rings.